The van der Waals surface area contributed by atoms with Crippen molar-refractivity contribution in [2.45, 2.75) is 52.4 Å². The number of aromatic nitrogens is 2. The number of hydrogen-bond acceptors (Lipinski definition) is 2. The number of carboxylic acids is 1. The summed E-state index contributed by atoms with van der Waals surface area (Å²) in [6.07, 6.45) is 2.07. The molecule has 0 aliphatic heterocycles. The van der Waals surface area contributed by atoms with Crippen molar-refractivity contribution >= 4 is 5.97 Å². The molecular formula is C12H20N2O2. The number of aliphatic carboxylic acids is 1. The molecule has 0 radical (unpaired) electrons. The third-order valence-corrected chi connectivity index (χ3v) is 2.71. The Morgan fingerprint density at radius 3 is 2.62 bits per heavy atom. The smallest absolute Gasteiger partial charge is 0.304 e. The Kier molecular flexibility index (Phi) is 3.73. The summed E-state index contributed by atoms with van der Waals surface area (Å²) in [5.41, 5.74) is 1.66. The minimum Gasteiger partial charge on any atom is -0.481 e. The maximum atomic E-state index is 10.8. The highest BCUT2D eigenvalue weighted by atomic mass is 16.4. The first-order valence-corrected chi connectivity index (χ1v) is 5.64. The van der Waals surface area contributed by atoms with Crippen molar-refractivity contribution in [3.63, 3.8) is 0 Å². The molecule has 90 valence electrons. The van der Waals surface area contributed by atoms with Gasteiger partial charge >= 0.3 is 5.97 Å². The highest BCUT2D eigenvalue weighted by Crippen LogP contribution is 2.25. The van der Waals surface area contributed by atoms with E-state index in [0.29, 0.717) is 0 Å². The molecule has 0 unspecified atom stereocenters. The molecule has 0 saturated heterocycles. The molecular weight excluding hydrogens is 204 g/mol. The monoisotopic (exact) mass is 224 g/mol. The van der Waals surface area contributed by atoms with E-state index in [1.807, 2.05) is 20.8 Å². The molecule has 0 saturated carbocycles. The van der Waals surface area contributed by atoms with Gasteiger partial charge in [-0.2, -0.15) is 0 Å². The zero-order valence-electron chi connectivity index (χ0n) is 10.4. The lowest BCUT2D eigenvalue weighted by atomic mass is 9.88. The van der Waals surface area contributed by atoms with Gasteiger partial charge < -0.3 is 10.1 Å². The topological polar surface area (TPSA) is 66.0 Å². The van der Waals surface area contributed by atoms with E-state index in [9.17, 15) is 4.79 Å². The molecule has 0 aliphatic rings. The number of carbonyl (C=O) groups is 1. The molecule has 0 bridgehead atoms. The largest absolute Gasteiger partial charge is 0.481 e. The number of hydrogen-bond donors (Lipinski definition) is 2. The van der Waals surface area contributed by atoms with Crippen molar-refractivity contribution in [1.82, 2.24) is 9.97 Å². The second kappa shape index (κ2) is 4.68. The Morgan fingerprint density at radius 2 is 2.12 bits per heavy atom. The van der Waals surface area contributed by atoms with Crippen molar-refractivity contribution in [2.75, 3.05) is 0 Å². The summed E-state index contributed by atoms with van der Waals surface area (Å²) < 4.78 is 0. The summed E-state index contributed by atoms with van der Waals surface area (Å²) in [5, 5.41) is 8.85. The third kappa shape index (κ3) is 2.84. The average Bonchev–Trinajstić information content (AvgIpc) is 2.47. The molecule has 4 heteroatoms. The molecule has 4 nitrogen and oxygen atoms in total. The molecule has 0 atom stereocenters. The highest BCUT2D eigenvalue weighted by molar-refractivity contribution is 5.68. The van der Waals surface area contributed by atoms with Crippen LogP contribution in [0.1, 0.15) is 50.8 Å². The number of nitrogens with one attached hydrogen (secondary N) is 1. The van der Waals surface area contributed by atoms with Crippen molar-refractivity contribution in [2.24, 2.45) is 0 Å². The number of imidazole rings is 1. The molecule has 1 aromatic heterocycles. The van der Waals surface area contributed by atoms with Gasteiger partial charge in [0.15, 0.2) is 0 Å². The molecule has 0 fully saturated rings. The lowest BCUT2D eigenvalue weighted by Crippen LogP contribution is -2.23. The Bertz CT molecular complexity index is 380. The standard InChI is InChI=1S/C12H20N2O2/c1-5-6-9-8(2)13-11(14-9)12(3,4)7-10(15)16/h5-7H2,1-4H3,(H,13,14)(H,15,16). The van der Waals surface area contributed by atoms with Crippen LogP contribution in [-0.2, 0) is 16.6 Å². The van der Waals surface area contributed by atoms with Gasteiger partial charge in [-0.3, -0.25) is 4.79 Å². The summed E-state index contributed by atoms with van der Waals surface area (Å²) in [6.45, 7) is 7.89. The predicted octanol–water partition coefficient (Wildman–Crippen LogP) is 2.42. The fourth-order valence-corrected chi connectivity index (χ4v) is 1.76. The van der Waals surface area contributed by atoms with Gasteiger partial charge in [0.1, 0.15) is 5.82 Å². The Balaban J connectivity index is 2.95. The fourth-order valence-electron chi connectivity index (χ4n) is 1.76. The minimum absolute atomic E-state index is 0.0888. The Hall–Kier alpha value is -1.32. The van der Waals surface area contributed by atoms with Crippen molar-refractivity contribution in [3.05, 3.63) is 17.2 Å². The van der Waals surface area contributed by atoms with E-state index in [0.717, 1.165) is 30.1 Å². The molecule has 1 rings (SSSR count). The van der Waals surface area contributed by atoms with Crippen LogP contribution >= 0.6 is 0 Å². The lowest BCUT2D eigenvalue weighted by Gasteiger charge is -2.19. The fraction of sp³-hybridized carbons (Fsp3) is 0.667. The van der Waals surface area contributed by atoms with Gasteiger partial charge in [0, 0.05) is 11.1 Å². The van der Waals surface area contributed by atoms with E-state index in [2.05, 4.69) is 16.9 Å². The van der Waals surface area contributed by atoms with Gasteiger partial charge in [-0.1, -0.05) is 27.2 Å². The van der Waals surface area contributed by atoms with Gasteiger partial charge in [-0.15, -0.1) is 0 Å². The minimum atomic E-state index is -0.795. The quantitative estimate of drug-likeness (QED) is 0.807. The molecule has 2 N–H and O–H groups in total. The van der Waals surface area contributed by atoms with E-state index >= 15 is 0 Å². The summed E-state index contributed by atoms with van der Waals surface area (Å²) >= 11 is 0. The molecule has 1 heterocycles. The first-order chi connectivity index (χ1) is 7.36. The maximum absolute atomic E-state index is 10.8. The maximum Gasteiger partial charge on any atom is 0.304 e. The molecule has 0 aromatic carbocycles. The van der Waals surface area contributed by atoms with E-state index in [-0.39, 0.29) is 6.42 Å². The SMILES string of the molecule is CCCc1nc(C(C)(C)CC(=O)O)[nH]c1C. The average molecular weight is 224 g/mol. The van der Waals surface area contributed by atoms with E-state index in [1.165, 1.54) is 0 Å². The zero-order valence-corrected chi connectivity index (χ0v) is 10.4. The third-order valence-electron chi connectivity index (χ3n) is 2.71. The van der Waals surface area contributed by atoms with Gasteiger partial charge in [0.05, 0.1) is 12.1 Å². The normalized spacial score (nSPS) is 11.8. The number of aromatic amines is 1. The van der Waals surface area contributed by atoms with Crippen LogP contribution in [0.4, 0.5) is 0 Å². The number of carboxylic acid groups (broad SMARTS) is 1. The number of aryl methyl sites for hydroxylation is 2. The van der Waals surface area contributed by atoms with Crippen LogP contribution in [0.3, 0.4) is 0 Å². The summed E-state index contributed by atoms with van der Waals surface area (Å²) in [6, 6.07) is 0. The second-order valence-corrected chi connectivity index (χ2v) is 4.86. The molecule has 0 amide bonds. The van der Waals surface area contributed by atoms with Crippen LogP contribution in [0, 0.1) is 6.92 Å². The predicted molar refractivity (Wildman–Crippen MR) is 62.6 cm³/mol. The van der Waals surface area contributed by atoms with Crippen LogP contribution in [0.2, 0.25) is 0 Å². The van der Waals surface area contributed by atoms with Gasteiger partial charge in [-0.05, 0) is 13.3 Å². The van der Waals surface area contributed by atoms with E-state index < -0.39 is 11.4 Å². The summed E-state index contributed by atoms with van der Waals surface area (Å²) in [5.74, 6) is -0.0213. The van der Waals surface area contributed by atoms with Crippen LogP contribution in [0.25, 0.3) is 0 Å². The lowest BCUT2D eigenvalue weighted by molar-refractivity contribution is -0.138. The zero-order chi connectivity index (χ0) is 12.3. The first-order valence-electron chi connectivity index (χ1n) is 5.64. The van der Waals surface area contributed by atoms with Crippen molar-refractivity contribution in [3.8, 4) is 0 Å². The Morgan fingerprint density at radius 1 is 1.50 bits per heavy atom. The molecule has 16 heavy (non-hydrogen) atoms. The van der Waals surface area contributed by atoms with Crippen LogP contribution in [-0.4, -0.2) is 21.0 Å². The van der Waals surface area contributed by atoms with Crippen LogP contribution < -0.4 is 0 Å². The number of nitrogens with zero attached hydrogens (tertiary/aromatic N) is 1. The van der Waals surface area contributed by atoms with Crippen molar-refractivity contribution < 1.29 is 9.90 Å². The Labute approximate surface area is 96.1 Å². The summed E-state index contributed by atoms with van der Waals surface area (Å²) in [7, 11) is 0. The summed E-state index contributed by atoms with van der Waals surface area (Å²) in [4.78, 5) is 18.5. The van der Waals surface area contributed by atoms with E-state index in [4.69, 9.17) is 5.11 Å². The first kappa shape index (κ1) is 12.7. The van der Waals surface area contributed by atoms with Crippen molar-refractivity contribution in [1.29, 1.82) is 0 Å². The highest BCUT2D eigenvalue weighted by Gasteiger charge is 2.28. The molecule has 0 spiro atoms. The molecule has 0 aliphatic carbocycles. The number of H-pyrrole nitrogens is 1. The van der Waals surface area contributed by atoms with Gasteiger partial charge in [0.2, 0.25) is 0 Å². The molecule has 1 aromatic rings. The van der Waals surface area contributed by atoms with E-state index in [1.54, 1.807) is 0 Å². The second-order valence-electron chi connectivity index (χ2n) is 4.86. The van der Waals surface area contributed by atoms with Crippen LogP contribution in [0.15, 0.2) is 0 Å². The number of rotatable bonds is 5. The van der Waals surface area contributed by atoms with Crippen LogP contribution in [0.5, 0.6) is 0 Å². The van der Waals surface area contributed by atoms with Gasteiger partial charge in [-0.25, -0.2) is 4.98 Å². The van der Waals surface area contributed by atoms with Gasteiger partial charge in [0.25, 0.3) is 0 Å².